The lowest BCUT2D eigenvalue weighted by molar-refractivity contribution is 0.0992. The Hall–Kier alpha value is -0.270. The molecule has 98 valence electrons. The van der Waals surface area contributed by atoms with Crippen molar-refractivity contribution in [1.82, 2.24) is 0 Å². The van der Waals surface area contributed by atoms with E-state index in [0.29, 0.717) is 10.0 Å². The second-order valence-electron chi connectivity index (χ2n) is 3.96. The summed E-state index contributed by atoms with van der Waals surface area (Å²) in [6.45, 7) is 0. The SMILES string of the molecule is O=C(Cc1ccc(F)cc1Br)c1cc(Br)ccc1I. The average molecular weight is 498 g/mol. The lowest BCUT2D eigenvalue weighted by atomic mass is 10.0. The number of carbonyl (C=O) groups excluding carboxylic acids is 1. The zero-order valence-electron chi connectivity index (χ0n) is 9.59. The molecule has 0 aromatic heterocycles. The molecule has 0 radical (unpaired) electrons. The second-order valence-corrected chi connectivity index (χ2v) is 6.89. The molecule has 2 rings (SSSR count). The lowest BCUT2D eigenvalue weighted by Gasteiger charge is -2.06. The molecular formula is C14H8Br2FIO. The second kappa shape index (κ2) is 6.45. The average Bonchev–Trinajstić information content (AvgIpc) is 2.35. The van der Waals surface area contributed by atoms with Gasteiger partial charge in [-0.15, -0.1) is 0 Å². The van der Waals surface area contributed by atoms with E-state index in [0.717, 1.165) is 13.6 Å². The van der Waals surface area contributed by atoms with Crippen molar-refractivity contribution in [2.45, 2.75) is 6.42 Å². The lowest BCUT2D eigenvalue weighted by Crippen LogP contribution is -2.06. The predicted octanol–water partition coefficient (Wildman–Crippen LogP) is 5.38. The van der Waals surface area contributed by atoms with E-state index in [-0.39, 0.29) is 18.0 Å². The van der Waals surface area contributed by atoms with Gasteiger partial charge in [-0.3, -0.25) is 4.79 Å². The maximum atomic E-state index is 13.0. The Morgan fingerprint density at radius 2 is 1.89 bits per heavy atom. The standard InChI is InChI=1S/C14H8Br2FIO/c15-9-2-4-13(18)11(6-9)14(19)5-8-1-3-10(17)7-12(8)16/h1-4,6-7H,5H2. The van der Waals surface area contributed by atoms with Crippen LogP contribution < -0.4 is 0 Å². The molecule has 0 saturated heterocycles. The van der Waals surface area contributed by atoms with Gasteiger partial charge in [0.1, 0.15) is 5.82 Å². The fraction of sp³-hybridized carbons (Fsp3) is 0.0714. The molecule has 1 nitrogen and oxygen atoms in total. The van der Waals surface area contributed by atoms with Gasteiger partial charge in [-0.1, -0.05) is 37.9 Å². The summed E-state index contributed by atoms with van der Waals surface area (Å²) in [5.74, 6) is -0.307. The van der Waals surface area contributed by atoms with Crippen molar-refractivity contribution >= 4 is 60.2 Å². The molecule has 2 aromatic carbocycles. The first-order valence-corrected chi connectivity index (χ1v) is 8.06. The highest BCUT2D eigenvalue weighted by Gasteiger charge is 2.13. The van der Waals surface area contributed by atoms with Crippen molar-refractivity contribution in [3.8, 4) is 0 Å². The molecule has 0 amide bonds. The molecule has 5 heteroatoms. The van der Waals surface area contributed by atoms with Crippen LogP contribution in [0, 0.1) is 9.39 Å². The maximum absolute atomic E-state index is 13.0. The van der Waals surface area contributed by atoms with Crippen molar-refractivity contribution in [2.24, 2.45) is 0 Å². The van der Waals surface area contributed by atoms with Crippen LogP contribution in [-0.2, 0) is 6.42 Å². The number of hydrogen-bond acceptors (Lipinski definition) is 1. The highest BCUT2D eigenvalue weighted by molar-refractivity contribution is 14.1. The summed E-state index contributed by atoms with van der Waals surface area (Å²) >= 11 is 8.77. The summed E-state index contributed by atoms with van der Waals surface area (Å²) in [5.41, 5.74) is 1.45. The number of halogens is 4. The number of Topliss-reactive ketones (excluding diaryl/α,β-unsaturated/α-hetero) is 1. The fourth-order valence-electron chi connectivity index (χ4n) is 1.64. The first-order valence-electron chi connectivity index (χ1n) is 5.39. The smallest absolute Gasteiger partial charge is 0.168 e. The monoisotopic (exact) mass is 496 g/mol. The minimum absolute atomic E-state index is 0.0120. The van der Waals surface area contributed by atoms with E-state index in [9.17, 15) is 9.18 Å². The summed E-state index contributed by atoms with van der Waals surface area (Å²) in [6, 6.07) is 9.95. The molecule has 0 spiro atoms. The summed E-state index contributed by atoms with van der Waals surface area (Å²) in [6.07, 6.45) is 0.243. The van der Waals surface area contributed by atoms with E-state index in [1.54, 1.807) is 6.07 Å². The van der Waals surface area contributed by atoms with Gasteiger partial charge in [0.05, 0.1) is 0 Å². The highest BCUT2D eigenvalue weighted by atomic mass is 127. The molecule has 0 atom stereocenters. The van der Waals surface area contributed by atoms with Crippen LogP contribution in [0.3, 0.4) is 0 Å². The predicted molar refractivity (Wildman–Crippen MR) is 89.0 cm³/mol. The normalized spacial score (nSPS) is 10.5. The molecule has 0 heterocycles. The molecule has 0 bridgehead atoms. The van der Waals surface area contributed by atoms with Crippen LogP contribution in [0.2, 0.25) is 0 Å². The Labute approximate surface area is 141 Å². The van der Waals surface area contributed by atoms with E-state index < -0.39 is 0 Å². The quantitative estimate of drug-likeness (QED) is 0.411. The Morgan fingerprint density at radius 1 is 1.16 bits per heavy atom. The fourth-order valence-corrected chi connectivity index (χ4v) is 3.13. The summed E-state index contributed by atoms with van der Waals surface area (Å²) in [5, 5.41) is 0. The Bertz CT molecular complexity index is 643. The molecule has 0 unspecified atom stereocenters. The number of benzene rings is 2. The minimum atomic E-state index is -0.319. The van der Waals surface area contributed by atoms with E-state index in [1.165, 1.54) is 12.1 Å². The van der Waals surface area contributed by atoms with Crippen LogP contribution in [0.1, 0.15) is 15.9 Å². The number of rotatable bonds is 3. The summed E-state index contributed by atoms with van der Waals surface area (Å²) < 4.78 is 15.4. The molecule has 2 aromatic rings. The van der Waals surface area contributed by atoms with Gasteiger partial charge in [0.2, 0.25) is 0 Å². The first-order chi connectivity index (χ1) is 8.97. The maximum Gasteiger partial charge on any atom is 0.168 e. The van der Waals surface area contributed by atoms with Gasteiger partial charge in [-0.25, -0.2) is 4.39 Å². The van der Waals surface area contributed by atoms with Gasteiger partial charge in [-0.05, 0) is 58.5 Å². The van der Waals surface area contributed by atoms with Gasteiger partial charge in [0.15, 0.2) is 5.78 Å². The van der Waals surface area contributed by atoms with Gasteiger partial charge in [0, 0.05) is 24.5 Å². The molecule has 0 saturated carbocycles. The van der Waals surface area contributed by atoms with Gasteiger partial charge >= 0.3 is 0 Å². The molecule has 0 aliphatic rings. The minimum Gasteiger partial charge on any atom is -0.294 e. The number of carbonyl (C=O) groups is 1. The van der Waals surface area contributed by atoms with E-state index in [1.807, 2.05) is 18.2 Å². The number of ketones is 1. The van der Waals surface area contributed by atoms with Crippen LogP contribution in [0.15, 0.2) is 45.3 Å². The third-order valence-electron chi connectivity index (χ3n) is 2.59. The Balaban J connectivity index is 2.28. The van der Waals surface area contributed by atoms with Gasteiger partial charge in [-0.2, -0.15) is 0 Å². The number of hydrogen-bond donors (Lipinski definition) is 0. The highest BCUT2D eigenvalue weighted by Crippen LogP contribution is 2.23. The summed E-state index contributed by atoms with van der Waals surface area (Å²) in [7, 11) is 0. The third-order valence-corrected chi connectivity index (χ3v) is 4.77. The van der Waals surface area contributed by atoms with Crippen molar-refractivity contribution in [3.05, 3.63) is 65.9 Å². The summed E-state index contributed by atoms with van der Waals surface area (Å²) in [4.78, 5) is 12.3. The first kappa shape index (κ1) is 15.1. The third kappa shape index (κ3) is 3.86. The van der Waals surface area contributed by atoms with E-state index in [2.05, 4.69) is 54.5 Å². The topological polar surface area (TPSA) is 17.1 Å². The molecule has 19 heavy (non-hydrogen) atoms. The zero-order valence-corrected chi connectivity index (χ0v) is 14.9. The molecule has 0 fully saturated rings. The van der Waals surface area contributed by atoms with Gasteiger partial charge in [0.25, 0.3) is 0 Å². The molecule has 0 N–H and O–H groups in total. The van der Waals surface area contributed by atoms with Crippen molar-refractivity contribution in [1.29, 1.82) is 0 Å². The van der Waals surface area contributed by atoms with Crippen LogP contribution in [0.25, 0.3) is 0 Å². The largest absolute Gasteiger partial charge is 0.294 e. The Kier molecular flexibility index (Phi) is 5.14. The van der Waals surface area contributed by atoms with Crippen LogP contribution >= 0.6 is 54.5 Å². The van der Waals surface area contributed by atoms with E-state index >= 15 is 0 Å². The molecule has 0 aliphatic heterocycles. The van der Waals surface area contributed by atoms with Crippen molar-refractivity contribution in [2.75, 3.05) is 0 Å². The van der Waals surface area contributed by atoms with Crippen molar-refractivity contribution < 1.29 is 9.18 Å². The Morgan fingerprint density at radius 3 is 2.58 bits per heavy atom. The van der Waals surface area contributed by atoms with Crippen LogP contribution in [-0.4, -0.2) is 5.78 Å². The van der Waals surface area contributed by atoms with E-state index in [4.69, 9.17) is 0 Å². The van der Waals surface area contributed by atoms with Crippen LogP contribution in [0.4, 0.5) is 4.39 Å². The molecular weight excluding hydrogens is 490 g/mol. The van der Waals surface area contributed by atoms with Gasteiger partial charge < -0.3 is 0 Å². The zero-order chi connectivity index (χ0) is 14.0. The van der Waals surface area contributed by atoms with Crippen LogP contribution in [0.5, 0.6) is 0 Å². The van der Waals surface area contributed by atoms with Crippen molar-refractivity contribution in [3.63, 3.8) is 0 Å². The molecule has 0 aliphatic carbocycles.